The Morgan fingerprint density at radius 1 is 1.16 bits per heavy atom. The molecule has 3 aromatic rings. The topological polar surface area (TPSA) is 99.0 Å². The SMILES string of the molecule is CCCCc1nnc(NC(=O)c2ccc(-n3ncc(C(=O)OCC)c3C(F)(F)F)cc2)s1. The van der Waals surface area contributed by atoms with Crippen LogP contribution >= 0.6 is 11.3 Å². The van der Waals surface area contributed by atoms with Crippen molar-refractivity contribution in [2.45, 2.75) is 39.3 Å². The molecule has 1 aromatic carbocycles. The number of amides is 1. The number of nitrogens with zero attached hydrogens (tertiary/aromatic N) is 4. The molecule has 12 heteroatoms. The first-order valence-corrected chi connectivity index (χ1v) is 10.6. The summed E-state index contributed by atoms with van der Waals surface area (Å²) in [5.41, 5.74) is -1.69. The number of anilines is 1. The Hall–Kier alpha value is -3.28. The molecule has 0 aliphatic rings. The third-order valence-corrected chi connectivity index (χ3v) is 5.24. The van der Waals surface area contributed by atoms with Gasteiger partial charge in [0.25, 0.3) is 5.91 Å². The van der Waals surface area contributed by atoms with Gasteiger partial charge in [-0.05, 0) is 37.6 Å². The van der Waals surface area contributed by atoms with Crippen molar-refractivity contribution in [3.63, 3.8) is 0 Å². The van der Waals surface area contributed by atoms with E-state index < -0.39 is 29.3 Å². The minimum atomic E-state index is -4.85. The number of esters is 1. The standard InChI is InChI=1S/C20H20F3N5O3S/c1-3-5-6-15-26-27-19(32-15)25-17(29)12-7-9-13(10-8-12)28-16(20(21,22)23)14(11-24-28)18(30)31-4-2/h7-11H,3-6H2,1-2H3,(H,25,27,29). The van der Waals surface area contributed by atoms with Crippen LogP contribution in [0.3, 0.4) is 0 Å². The Bertz CT molecular complexity index is 1090. The van der Waals surface area contributed by atoms with Gasteiger partial charge >= 0.3 is 12.1 Å². The smallest absolute Gasteiger partial charge is 0.434 e. The lowest BCUT2D eigenvalue weighted by Gasteiger charge is -2.12. The molecule has 1 N–H and O–H groups in total. The van der Waals surface area contributed by atoms with E-state index in [-0.39, 0.29) is 17.9 Å². The molecule has 32 heavy (non-hydrogen) atoms. The lowest BCUT2D eigenvalue weighted by molar-refractivity contribution is -0.143. The molecule has 3 rings (SSSR count). The zero-order valence-corrected chi connectivity index (χ0v) is 18.1. The molecule has 0 unspecified atom stereocenters. The van der Waals surface area contributed by atoms with E-state index in [9.17, 15) is 22.8 Å². The van der Waals surface area contributed by atoms with E-state index in [0.717, 1.165) is 30.5 Å². The van der Waals surface area contributed by atoms with Crippen molar-refractivity contribution < 1.29 is 27.5 Å². The zero-order chi connectivity index (χ0) is 23.3. The minimum absolute atomic E-state index is 0.0298. The van der Waals surface area contributed by atoms with Crippen molar-refractivity contribution in [3.05, 3.63) is 52.3 Å². The van der Waals surface area contributed by atoms with E-state index >= 15 is 0 Å². The molecule has 0 bridgehead atoms. The second-order valence-corrected chi connectivity index (χ2v) is 7.70. The van der Waals surface area contributed by atoms with Gasteiger partial charge < -0.3 is 4.74 Å². The van der Waals surface area contributed by atoms with Crippen LogP contribution in [0.4, 0.5) is 18.3 Å². The van der Waals surface area contributed by atoms with Gasteiger partial charge in [0.05, 0.1) is 18.5 Å². The number of aromatic nitrogens is 4. The lowest BCUT2D eigenvalue weighted by atomic mass is 10.2. The van der Waals surface area contributed by atoms with Crippen molar-refractivity contribution in [1.82, 2.24) is 20.0 Å². The van der Waals surface area contributed by atoms with Gasteiger partial charge in [-0.1, -0.05) is 24.7 Å². The van der Waals surface area contributed by atoms with Crippen molar-refractivity contribution >= 4 is 28.3 Å². The van der Waals surface area contributed by atoms with Crippen LogP contribution < -0.4 is 5.32 Å². The number of aryl methyl sites for hydroxylation is 1. The predicted octanol–water partition coefficient (Wildman–Crippen LogP) is 4.51. The fourth-order valence-electron chi connectivity index (χ4n) is 2.83. The van der Waals surface area contributed by atoms with Gasteiger partial charge in [-0.2, -0.15) is 18.3 Å². The average Bonchev–Trinajstić information content (AvgIpc) is 3.39. The van der Waals surface area contributed by atoms with Gasteiger partial charge in [-0.25, -0.2) is 9.48 Å². The summed E-state index contributed by atoms with van der Waals surface area (Å²) in [4.78, 5) is 24.3. The Morgan fingerprint density at radius 3 is 2.50 bits per heavy atom. The highest BCUT2D eigenvalue weighted by atomic mass is 32.1. The van der Waals surface area contributed by atoms with Gasteiger partial charge in [0.2, 0.25) is 5.13 Å². The first-order chi connectivity index (χ1) is 15.2. The third kappa shape index (κ3) is 5.31. The predicted molar refractivity (Wildman–Crippen MR) is 111 cm³/mol. The number of benzene rings is 1. The first-order valence-electron chi connectivity index (χ1n) is 9.81. The highest BCUT2D eigenvalue weighted by Gasteiger charge is 2.41. The number of hydrogen-bond acceptors (Lipinski definition) is 7. The molecule has 0 saturated carbocycles. The quantitative estimate of drug-likeness (QED) is 0.489. The van der Waals surface area contributed by atoms with E-state index in [2.05, 4.69) is 32.3 Å². The summed E-state index contributed by atoms with van der Waals surface area (Å²) in [5.74, 6) is -1.59. The molecule has 8 nitrogen and oxygen atoms in total. The summed E-state index contributed by atoms with van der Waals surface area (Å²) in [5, 5.41) is 15.4. The maximum absolute atomic E-state index is 13.6. The van der Waals surface area contributed by atoms with Crippen LogP contribution in [-0.2, 0) is 17.3 Å². The van der Waals surface area contributed by atoms with Gasteiger partial charge in [-0.15, -0.1) is 10.2 Å². The summed E-state index contributed by atoms with van der Waals surface area (Å²) in [6.07, 6.45) is -1.27. The highest BCUT2D eigenvalue weighted by molar-refractivity contribution is 7.15. The van der Waals surface area contributed by atoms with Gasteiger partial charge in [0.1, 0.15) is 10.6 Å². The third-order valence-electron chi connectivity index (χ3n) is 4.34. The summed E-state index contributed by atoms with van der Waals surface area (Å²) in [6, 6.07) is 5.32. The largest absolute Gasteiger partial charge is 0.462 e. The van der Waals surface area contributed by atoms with Crippen LogP contribution in [-0.4, -0.2) is 38.5 Å². The van der Waals surface area contributed by atoms with E-state index in [1.54, 1.807) is 0 Å². The van der Waals surface area contributed by atoms with Crippen LogP contribution in [0.2, 0.25) is 0 Å². The molecule has 0 aliphatic heterocycles. The molecular formula is C20H20F3N5O3S. The number of ether oxygens (including phenoxy) is 1. The monoisotopic (exact) mass is 467 g/mol. The second kappa shape index (κ2) is 9.90. The molecule has 0 radical (unpaired) electrons. The van der Waals surface area contributed by atoms with Crippen molar-refractivity contribution in [1.29, 1.82) is 0 Å². The van der Waals surface area contributed by atoms with Gasteiger partial charge in [-0.3, -0.25) is 10.1 Å². The van der Waals surface area contributed by atoms with Crippen LogP contribution in [0, 0.1) is 0 Å². The number of nitrogens with one attached hydrogen (secondary N) is 1. The van der Waals surface area contributed by atoms with Gasteiger partial charge in [0, 0.05) is 12.0 Å². The molecule has 0 spiro atoms. The number of carbonyl (C=O) groups excluding carboxylic acids is 2. The molecule has 2 aromatic heterocycles. The second-order valence-electron chi connectivity index (χ2n) is 6.64. The fourth-order valence-corrected chi connectivity index (χ4v) is 3.61. The molecule has 170 valence electrons. The van der Waals surface area contributed by atoms with Gasteiger partial charge in [0.15, 0.2) is 5.69 Å². The van der Waals surface area contributed by atoms with Crippen LogP contribution in [0.25, 0.3) is 5.69 Å². The first kappa shape index (κ1) is 23.4. The fraction of sp³-hybridized carbons (Fsp3) is 0.350. The number of halogens is 3. The van der Waals surface area contributed by atoms with Crippen molar-refractivity contribution in [2.24, 2.45) is 0 Å². The Labute approximate surface area is 185 Å². The summed E-state index contributed by atoms with van der Waals surface area (Å²) < 4.78 is 46.1. The van der Waals surface area contributed by atoms with Crippen molar-refractivity contribution in [3.8, 4) is 5.69 Å². The van der Waals surface area contributed by atoms with Crippen molar-refractivity contribution in [2.75, 3.05) is 11.9 Å². The van der Waals surface area contributed by atoms with Crippen LogP contribution in [0.15, 0.2) is 30.5 Å². The van der Waals surface area contributed by atoms with E-state index in [1.807, 2.05) is 0 Å². The Kier molecular flexibility index (Phi) is 7.23. The van der Waals surface area contributed by atoms with E-state index in [4.69, 9.17) is 0 Å². The maximum Gasteiger partial charge on any atom is 0.434 e. The van der Waals surface area contributed by atoms with E-state index in [0.29, 0.717) is 9.81 Å². The summed E-state index contributed by atoms with van der Waals surface area (Å²) in [6.45, 7) is 3.49. The van der Waals surface area contributed by atoms with Crippen LogP contribution in [0.5, 0.6) is 0 Å². The molecule has 0 saturated heterocycles. The van der Waals surface area contributed by atoms with Crippen LogP contribution in [0.1, 0.15) is 58.1 Å². The normalized spacial score (nSPS) is 11.4. The maximum atomic E-state index is 13.6. The number of alkyl halides is 3. The lowest BCUT2D eigenvalue weighted by Crippen LogP contribution is -2.18. The minimum Gasteiger partial charge on any atom is -0.462 e. The molecular weight excluding hydrogens is 447 g/mol. The number of carbonyl (C=O) groups is 2. The molecule has 0 atom stereocenters. The molecule has 0 aliphatic carbocycles. The molecule has 1 amide bonds. The summed E-state index contributed by atoms with van der Waals surface area (Å²) >= 11 is 1.27. The average molecular weight is 467 g/mol. The molecule has 0 fully saturated rings. The summed E-state index contributed by atoms with van der Waals surface area (Å²) in [7, 11) is 0. The number of rotatable bonds is 8. The van der Waals surface area contributed by atoms with E-state index in [1.165, 1.54) is 42.5 Å². The number of hydrogen-bond donors (Lipinski definition) is 1. The number of unbranched alkanes of at least 4 members (excludes halogenated alkanes) is 1. The Balaban J connectivity index is 1.80. The highest BCUT2D eigenvalue weighted by Crippen LogP contribution is 2.34. The molecule has 2 heterocycles. The zero-order valence-electron chi connectivity index (χ0n) is 17.3. The Morgan fingerprint density at radius 2 is 1.88 bits per heavy atom.